The van der Waals surface area contributed by atoms with E-state index in [-0.39, 0.29) is 6.54 Å². The highest BCUT2D eigenvalue weighted by Gasteiger charge is 2.11. The van der Waals surface area contributed by atoms with Crippen molar-refractivity contribution in [1.29, 1.82) is 0 Å². The van der Waals surface area contributed by atoms with Gasteiger partial charge in [0.15, 0.2) is 0 Å². The predicted molar refractivity (Wildman–Crippen MR) is 72.5 cm³/mol. The first-order valence-electron chi connectivity index (χ1n) is 5.50. The van der Waals surface area contributed by atoms with Crippen LogP contribution in [0, 0.1) is 13.8 Å². The van der Waals surface area contributed by atoms with Gasteiger partial charge in [0.2, 0.25) is 0 Å². The number of carbonyl (C=O) groups is 1. The van der Waals surface area contributed by atoms with E-state index in [4.69, 9.17) is 5.11 Å². The van der Waals surface area contributed by atoms with Crippen molar-refractivity contribution in [3.8, 4) is 11.1 Å². The van der Waals surface area contributed by atoms with E-state index in [2.05, 4.69) is 27.1 Å². The van der Waals surface area contributed by atoms with Gasteiger partial charge in [-0.25, -0.2) is 0 Å². The van der Waals surface area contributed by atoms with E-state index in [1.165, 1.54) is 4.68 Å². The van der Waals surface area contributed by atoms with Gasteiger partial charge in [0.1, 0.15) is 6.54 Å². The van der Waals surface area contributed by atoms with Gasteiger partial charge < -0.3 is 5.11 Å². The third-order valence-electron chi connectivity index (χ3n) is 2.86. The van der Waals surface area contributed by atoms with E-state index in [0.717, 1.165) is 26.9 Å². The summed E-state index contributed by atoms with van der Waals surface area (Å²) in [7, 11) is 0. The topological polar surface area (TPSA) is 55.1 Å². The molecule has 0 aliphatic rings. The van der Waals surface area contributed by atoms with Crippen molar-refractivity contribution >= 4 is 21.9 Å². The molecule has 0 amide bonds. The number of hydrogen-bond acceptors (Lipinski definition) is 2. The number of hydrogen-bond donors (Lipinski definition) is 1. The molecule has 0 bridgehead atoms. The highest BCUT2D eigenvalue weighted by Crippen LogP contribution is 2.27. The van der Waals surface area contributed by atoms with E-state index in [1.54, 1.807) is 6.20 Å². The lowest BCUT2D eigenvalue weighted by Gasteiger charge is -2.05. The van der Waals surface area contributed by atoms with Gasteiger partial charge in [-0.3, -0.25) is 9.48 Å². The zero-order valence-electron chi connectivity index (χ0n) is 10.1. The quantitative estimate of drug-likeness (QED) is 0.948. The Kier molecular flexibility index (Phi) is 3.52. The molecular formula is C13H13BrN2O2. The van der Waals surface area contributed by atoms with Crippen molar-refractivity contribution in [3.63, 3.8) is 0 Å². The van der Waals surface area contributed by atoms with Crippen LogP contribution in [0.4, 0.5) is 0 Å². The molecule has 2 aromatic rings. The Labute approximate surface area is 113 Å². The summed E-state index contributed by atoms with van der Waals surface area (Å²) in [4.78, 5) is 10.7. The number of halogens is 1. The van der Waals surface area contributed by atoms with Crippen LogP contribution in [0.1, 0.15) is 11.3 Å². The number of aromatic nitrogens is 2. The van der Waals surface area contributed by atoms with Crippen LogP contribution in [0.3, 0.4) is 0 Å². The number of aryl methyl sites for hydroxylation is 1. The van der Waals surface area contributed by atoms with Gasteiger partial charge in [-0.1, -0.05) is 28.1 Å². The molecule has 0 saturated heterocycles. The number of benzene rings is 1. The van der Waals surface area contributed by atoms with Crippen molar-refractivity contribution in [2.75, 3.05) is 0 Å². The minimum Gasteiger partial charge on any atom is -0.480 e. The van der Waals surface area contributed by atoms with E-state index in [9.17, 15) is 4.79 Å². The summed E-state index contributed by atoms with van der Waals surface area (Å²) in [6, 6.07) is 6.03. The van der Waals surface area contributed by atoms with Gasteiger partial charge >= 0.3 is 5.97 Å². The molecule has 1 aromatic heterocycles. The average Bonchev–Trinajstić information content (AvgIpc) is 2.64. The van der Waals surface area contributed by atoms with Crippen molar-refractivity contribution < 1.29 is 9.90 Å². The van der Waals surface area contributed by atoms with Crippen molar-refractivity contribution in [1.82, 2.24) is 9.78 Å². The Morgan fingerprint density at radius 2 is 2.17 bits per heavy atom. The van der Waals surface area contributed by atoms with Crippen molar-refractivity contribution in [3.05, 3.63) is 40.1 Å². The molecule has 0 aliphatic heterocycles. The van der Waals surface area contributed by atoms with Gasteiger partial charge in [-0.2, -0.15) is 5.10 Å². The van der Waals surface area contributed by atoms with Crippen LogP contribution in [-0.4, -0.2) is 20.9 Å². The minimum absolute atomic E-state index is 0.110. The molecule has 1 aromatic carbocycles. The highest BCUT2D eigenvalue weighted by atomic mass is 79.9. The van der Waals surface area contributed by atoms with Gasteiger partial charge in [0, 0.05) is 15.7 Å². The smallest absolute Gasteiger partial charge is 0.325 e. The largest absolute Gasteiger partial charge is 0.480 e. The molecule has 1 N–H and O–H groups in total. The van der Waals surface area contributed by atoms with Crippen LogP contribution in [0.15, 0.2) is 28.9 Å². The van der Waals surface area contributed by atoms with Crippen LogP contribution in [-0.2, 0) is 11.3 Å². The Morgan fingerprint density at radius 3 is 2.78 bits per heavy atom. The summed E-state index contributed by atoms with van der Waals surface area (Å²) >= 11 is 3.46. The second kappa shape index (κ2) is 4.94. The highest BCUT2D eigenvalue weighted by molar-refractivity contribution is 9.10. The molecule has 0 saturated carbocycles. The van der Waals surface area contributed by atoms with Gasteiger partial charge in [-0.05, 0) is 31.0 Å². The molecule has 0 unspecified atom stereocenters. The standard InChI is InChI=1S/C13H13BrN2O2/c1-8-5-10(3-4-12(8)14)11-6-15-16(9(11)2)7-13(17)18/h3-6H,7H2,1-2H3,(H,17,18). The maximum Gasteiger partial charge on any atom is 0.325 e. The van der Waals surface area contributed by atoms with Crippen LogP contribution >= 0.6 is 15.9 Å². The van der Waals surface area contributed by atoms with Crippen molar-refractivity contribution in [2.24, 2.45) is 0 Å². The molecule has 0 atom stereocenters. The minimum atomic E-state index is -0.889. The Bertz CT molecular complexity index is 605. The SMILES string of the molecule is Cc1cc(-c2cnn(CC(=O)O)c2C)ccc1Br. The third-order valence-corrected chi connectivity index (χ3v) is 3.75. The average molecular weight is 309 g/mol. The lowest BCUT2D eigenvalue weighted by atomic mass is 10.0. The lowest BCUT2D eigenvalue weighted by Crippen LogP contribution is -2.11. The second-order valence-corrected chi connectivity index (χ2v) is 5.01. The number of carboxylic acids is 1. The molecule has 5 heteroatoms. The first-order chi connectivity index (χ1) is 8.49. The summed E-state index contributed by atoms with van der Waals surface area (Å²) in [5.41, 5.74) is 4.01. The summed E-state index contributed by atoms with van der Waals surface area (Å²) in [6.07, 6.45) is 1.71. The van der Waals surface area contributed by atoms with Crippen LogP contribution in [0.25, 0.3) is 11.1 Å². The molecule has 1 heterocycles. The lowest BCUT2D eigenvalue weighted by molar-refractivity contribution is -0.137. The van der Waals surface area contributed by atoms with Crippen molar-refractivity contribution in [2.45, 2.75) is 20.4 Å². The molecule has 4 nitrogen and oxygen atoms in total. The van der Waals surface area contributed by atoms with Crippen LogP contribution in [0.2, 0.25) is 0 Å². The van der Waals surface area contributed by atoms with E-state index in [0.29, 0.717) is 0 Å². The number of carboxylic acid groups (broad SMARTS) is 1. The number of aliphatic carboxylic acids is 1. The third kappa shape index (κ3) is 2.46. The first kappa shape index (κ1) is 12.8. The number of rotatable bonds is 3. The summed E-state index contributed by atoms with van der Waals surface area (Å²) in [6.45, 7) is 3.79. The fourth-order valence-electron chi connectivity index (χ4n) is 1.83. The molecule has 0 fully saturated rings. The summed E-state index contributed by atoms with van der Waals surface area (Å²) < 4.78 is 2.55. The van der Waals surface area contributed by atoms with Gasteiger partial charge in [0.05, 0.1) is 6.20 Å². The Hall–Kier alpha value is -1.62. The molecular weight excluding hydrogens is 296 g/mol. The van der Waals surface area contributed by atoms with E-state index in [1.807, 2.05) is 26.0 Å². The normalized spacial score (nSPS) is 10.6. The molecule has 18 heavy (non-hydrogen) atoms. The fourth-order valence-corrected chi connectivity index (χ4v) is 2.08. The number of nitrogens with zero attached hydrogens (tertiary/aromatic N) is 2. The molecule has 0 spiro atoms. The van der Waals surface area contributed by atoms with Gasteiger partial charge in [-0.15, -0.1) is 0 Å². The van der Waals surface area contributed by atoms with E-state index >= 15 is 0 Å². The first-order valence-corrected chi connectivity index (χ1v) is 6.29. The molecule has 0 aliphatic carbocycles. The second-order valence-electron chi connectivity index (χ2n) is 4.16. The van der Waals surface area contributed by atoms with Crippen LogP contribution < -0.4 is 0 Å². The predicted octanol–water partition coefficient (Wildman–Crippen LogP) is 3.01. The molecule has 0 radical (unpaired) electrons. The maximum absolute atomic E-state index is 10.7. The van der Waals surface area contributed by atoms with Gasteiger partial charge in [0.25, 0.3) is 0 Å². The monoisotopic (exact) mass is 308 g/mol. The zero-order chi connectivity index (χ0) is 13.3. The van der Waals surface area contributed by atoms with E-state index < -0.39 is 5.97 Å². The molecule has 2 rings (SSSR count). The summed E-state index contributed by atoms with van der Waals surface area (Å²) in [5.74, 6) is -0.889. The Balaban J connectivity index is 2.42. The van der Waals surface area contributed by atoms with Crippen LogP contribution in [0.5, 0.6) is 0 Å². The maximum atomic E-state index is 10.7. The zero-order valence-corrected chi connectivity index (χ0v) is 11.7. The summed E-state index contributed by atoms with van der Waals surface area (Å²) in [5, 5.41) is 12.9. The fraction of sp³-hybridized carbons (Fsp3) is 0.231. The molecule has 94 valence electrons. The Morgan fingerprint density at radius 1 is 1.44 bits per heavy atom.